The summed E-state index contributed by atoms with van der Waals surface area (Å²) in [5.41, 5.74) is 0.0588. The summed E-state index contributed by atoms with van der Waals surface area (Å²) in [7, 11) is 0. The van der Waals surface area contributed by atoms with Crippen LogP contribution in [0.25, 0.3) is 0 Å². The molecule has 3 heteroatoms. The van der Waals surface area contributed by atoms with E-state index in [1.165, 1.54) is 9.75 Å². The summed E-state index contributed by atoms with van der Waals surface area (Å²) >= 11 is 1.91. The van der Waals surface area contributed by atoms with Gasteiger partial charge in [-0.05, 0) is 50.3 Å². The number of aliphatic hydroxyl groups excluding tert-OH is 1. The third-order valence-electron chi connectivity index (χ3n) is 3.37. The molecule has 0 amide bonds. The Morgan fingerprint density at radius 1 is 1.39 bits per heavy atom. The van der Waals surface area contributed by atoms with Crippen LogP contribution in [0.5, 0.6) is 0 Å². The normalized spacial score (nSPS) is 13.8. The SMILES string of the molecule is CCc1ccc(C(C)NCCCC(C)(C)CO)s1. The van der Waals surface area contributed by atoms with Crippen LogP contribution in [-0.4, -0.2) is 18.3 Å². The molecule has 0 saturated carbocycles. The summed E-state index contributed by atoms with van der Waals surface area (Å²) in [5.74, 6) is 0. The molecule has 0 aliphatic rings. The van der Waals surface area contributed by atoms with Crippen molar-refractivity contribution < 1.29 is 5.11 Å². The van der Waals surface area contributed by atoms with Gasteiger partial charge in [-0.15, -0.1) is 11.3 Å². The van der Waals surface area contributed by atoms with Crippen LogP contribution in [0, 0.1) is 5.41 Å². The second-order valence-electron chi connectivity index (χ2n) is 5.76. The Balaban J connectivity index is 2.27. The molecule has 0 aliphatic heterocycles. The van der Waals surface area contributed by atoms with Gasteiger partial charge in [0.05, 0.1) is 0 Å². The first-order valence-corrected chi connectivity index (χ1v) is 7.73. The standard InChI is InChI=1S/C15H27NOS/c1-5-13-7-8-14(18-13)12(2)16-10-6-9-15(3,4)11-17/h7-8,12,16-17H,5-6,9-11H2,1-4H3. The minimum atomic E-state index is 0.0588. The van der Waals surface area contributed by atoms with Gasteiger partial charge in [0.2, 0.25) is 0 Å². The van der Waals surface area contributed by atoms with Gasteiger partial charge in [0, 0.05) is 22.4 Å². The number of hydrogen-bond donors (Lipinski definition) is 2. The predicted octanol–water partition coefficient (Wildman–Crippen LogP) is 3.76. The van der Waals surface area contributed by atoms with Crippen molar-refractivity contribution in [2.45, 2.75) is 53.0 Å². The fourth-order valence-electron chi connectivity index (χ4n) is 1.88. The van der Waals surface area contributed by atoms with Gasteiger partial charge in [-0.1, -0.05) is 20.8 Å². The highest BCUT2D eigenvalue weighted by Crippen LogP contribution is 2.24. The van der Waals surface area contributed by atoms with Crippen molar-refractivity contribution in [3.05, 3.63) is 21.9 Å². The Kier molecular flexibility index (Phi) is 6.33. The van der Waals surface area contributed by atoms with Gasteiger partial charge < -0.3 is 10.4 Å². The lowest BCUT2D eigenvalue weighted by Gasteiger charge is -2.21. The number of rotatable bonds is 8. The van der Waals surface area contributed by atoms with Crippen molar-refractivity contribution in [2.24, 2.45) is 5.41 Å². The summed E-state index contributed by atoms with van der Waals surface area (Å²) in [6.45, 7) is 9.94. The van der Waals surface area contributed by atoms with Crippen molar-refractivity contribution >= 4 is 11.3 Å². The molecular weight excluding hydrogens is 242 g/mol. The molecule has 1 rings (SSSR count). The molecule has 0 saturated heterocycles. The molecule has 1 atom stereocenters. The highest BCUT2D eigenvalue weighted by molar-refractivity contribution is 7.12. The molecule has 2 nitrogen and oxygen atoms in total. The molecular formula is C15H27NOS. The average molecular weight is 269 g/mol. The molecule has 1 aromatic heterocycles. The summed E-state index contributed by atoms with van der Waals surface area (Å²) < 4.78 is 0. The van der Waals surface area contributed by atoms with Crippen molar-refractivity contribution in [1.82, 2.24) is 5.32 Å². The van der Waals surface area contributed by atoms with Gasteiger partial charge in [0.1, 0.15) is 0 Å². The third kappa shape index (κ3) is 5.09. The maximum absolute atomic E-state index is 9.19. The molecule has 1 aromatic rings. The monoisotopic (exact) mass is 269 g/mol. The van der Waals surface area contributed by atoms with E-state index in [2.05, 4.69) is 45.1 Å². The zero-order valence-corrected chi connectivity index (χ0v) is 12.9. The maximum atomic E-state index is 9.19. The summed E-state index contributed by atoms with van der Waals surface area (Å²) in [4.78, 5) is 2.88. The Labute approximate surface area is 115 Å². The number of nitrogens with one attached hydrogen (secondary N) is 1. The van der Waals surface area contributed by atoms with E-state index in [0.29, 0.717) is 6.04 Å². The van der Waals surface area contributed by atoms with Crippen LogP contribution in [0.2, 0.25) is 0 Å². The molecule has 18 heavy (non-hydrogen) atoms. The van der Waals surface area contributed by atoms with Gasteiger partial charge in [-0.25, -0.2) is 0 Å². The lowest BCUT2D eigenvalue weighted by Crippen LogP contribution is -2.22. The van der Waals surface area contributed by atoms with E-state index < -0.39 is 0 Å². The average Bonchev–Trinajstić information content (AvgIpc) is 2.83. The number of aliphatic hydroxyl groups is 1. The lowest BCUT2D eigenvalue weighted by atomic mass is 9.89. The summed E-state index contributed by atoms with van der Waals surface area (Å²) in [5, 5.41) is 12.8. The zero-order chi connectivity index (χ0) is 13.6. The van der Waals surface area contributed by atoms with Crippen LogP contribution in [0.3, 0.4) is 0 Å². The predicted molar refractivity (Wildman–Crippen MR) is 80.2 cm³/mol. The second-order valence-corrected chi connectivity index (χ2v) is 6.96. The van der Waals surface area contributed by atoms with Crippen molar-refractivity contribution in [3.63, 3.8) is 0 Å². The van der Waals surface area contributed by atoms with Gasteiger partial charge in [-0.3, -0.25) is 0 Å². The van der Waals surface area contributed by atoms with Gasteiger partial charge >= 0.3 is 0 Å². The largest absolute Gasteiger partial charge is 0.396 e. The summed E-state index contributed by atoms with van der Waals surface area (Å²) in [6.07, 6.45) is 3.31. The highest BCUT2D eigenvalue weighted by Gasteiger charge is 2.15. The Bertz CT molecular complexity index is 346. The van der Waals surface area contributed by atoms with Gasteiger partial charge in [0.25, 0.3) is 0 Å². The number of aryl methyl sites for hydroxylation is 1. The first-order valence-electron chi connectivity index (χ1n) is 6.91. The molecule has 1 unspecified atom stereocenters. The quantitative estimate of drug-likeness (QED) is 0.704. The van der Waals surface area contributed by atoms with Gasteiger partial charge in [0.15, 0.2) is 0 Å². The molecule has 0 aromatic carbocycles. The number of thiophene rings is 1. The lowest BCUT2D eigenvalue weighted by molar-refractivity contribution is 0.147. The minimum Gasteiger partial charge on any atom is -0.396 e. The smallest absolute Gasteiger partial charge is 0.0482 e. The van der Waals surface area contributed by atoms with E-state index in [-0.39, 0.29) is 12.0 Å². The van der Waals surface area contributed by atoms with Gasteiger partial charge in [-0.2, -0.15) is 0 Å². The van der Waals surface area contributed by atoms with E-state index in [0.717, 1.165) is 25.8 Å². The molecule has 0 bridgehead atoms. The van der Waals surface area contributed by atoms with Crippen LogP contribution >= 0.6 is 11.3 Å². The molecule has 0 aliphatic carbocycles. The maximum Gasteiger partial charge on any atom is 0.0482 e. The van der Waals surface area contributed by atoms with E-state index >= 15 is 0 Å². The van der Waals surface area contributed by atoms with E-state index in [1.807, 2.05) is 11.3 Å². The van der Waals surface area contributed by atoms with Crippen LogP contribution in [-0.2, 0) is 6.42 Å². The zero-order valence-electron chi connectivity index (χ0n) is 12.1. The Morgan fingerprint density at radius 2 is 2.11 bits per heavy atom. The molecule has 2 N–H and O–H groups in total. The fraction of sp³-hybridized carbons (Fsp3) is 0.733. The molecule has 0 spiro atoms. The van der Waals surface area contributed by atoms with Crippen molar-refractivity contribution in [2.75, 3.05) is 13.2 Å². The topological polar surface area (TPSA) is 32.3 Å². The van der Waals surface area contributed by atoms with Crippen LogP contribution in [0.15, 0.2) is 12.1 Å². The molecule has 1 heterocycles. The first kappa shape index (κ1) is 15.7. The molecule has 0 fully saturated rings. The van der Waals surface area contributed by atoms with E-state index in [1.54, 1.807) is 0 Å². The molecule has 104 valence electrons. The first-order chi connectivity index (χ1) is 8.48. The minimum absolute atomic E-state index is 0.0588. The Hall–Kier alpha value is -0.380. The van der Waals surface area contributed by atoms with E-state index in [9.17, 15) is 5.11 Å². The third-order valence-corrected chi connectivity index (χ3v) is 4.78. The van der Waals surface area contributed by atoms with Crippen LogP contribution < -0.4 is 5.32 Å². The highest BCUT2D eigenvalue weighted by atomic mass is 32.1. The van der Waals surface area contributed by atoms with Crippen molar-refractivity contribution in [1.29, 1.82) is 0 Å². The summed E-state index contributed by atoms with van der Waals surface area (Å²) in [6, 6.07) is 4.90. The Morgan fingerprint density at radius 3 is 2.67 bits per heavy atom. The molecule has 0 radical (unpaired) electrons. The van der Waals surface area contributed by atoms with Crippen LogP contribution in [0.4, 0.5) is 0 Å². The fourth-order valence-corrected chi connectivity index (χ4v) is 2.86. The van der Waals surface area contributed by atoms with Crippen LogP contribution in [0.1, 0.15) is 56.3 Å². The van der Waals surface area contributed by atoms with Crippen molar-refractivity contribution in [3.8, 4) is 0 Å². The second kappa shape index (κ2) is 7.27. The van der Waals surface area contributed by atoms with E-state index in [4.69, 9.17) is 0 Å². The number of hydrogen-bond acceptors (Lipinski definition) is 3.